The zero-order valence-corrected chi connectivity index (χ0v) is 21.7. The molecule has 1 amide bonds. The van der Waals surface area contributed by atoms with Gasteiger partial charge < -0.3 is 5.32 Å². The Labute approximate surface area is 211 Å². The van der Waals surface area contributed by atoms with Gasteiger partial charge in [-0.1, -0.05) is 26.8 Å². The first-order valence-corrected chi connectivity index (χ1v) is 12.6. The molecule has 3 atom stereocenters. The number of nitrogens with one attached hydrogen (secondary N) is 1. The van der Waals surface area contributed by atoms with E-state index >= 15 is 0 Å². The summed E-state index contributed by atoms with van der Waals surface area (Å²) in [6.07, 6.45) is 1.25. The van der Waals surface area contributed by atoms with Crippen LogP contribution < -0.4 is 11.0 Å². The van der Waals surface area contributed by atoms with Gasteiger partial charge in [0.15, 0.2) is 5.65 Å². The van der Waals surface area contributed by atoms with Crippen LogP contribution in [-0.2, 0) is 24.9 Å². The van der Waals surface area contributed by atoms with E-state index in [4.69, 9.17) is 4.98 Å². The third-order valence-corrected chi connectivity index (χ3v) is 7.45. The second kappa shape index (κ2) is 8.90. The van der Waals surface area contributed by atoms with Gasteiger partial charge in [0.05, 0.1) is 22.8 Å². The number of nitriles is 1. The molecule has 1 N–H and O–H groups in total. The van der Waals surface area contributed by atoms with Gasteiger partial charge in [0.25, 0.3) is 0 Å². The maximum absolute atomic E-state index is 12.9. The van der Waals surface area contributed by atoms with Crippen LogP contribution in [0.15, 0.2) is 35.1 Å². The van der Waals surface area contributed by atoms with Gasteiger partial charge in [-0.3, -0.25) is 18.8 Å². The molecule has 0 radical (unpaired) electrons. The van der Waals surface area contributed by atoms with Crippen molar-refractivity contribution in [2.75, 3.05) is 13.1 Å². The Bertz CT molecular complexity index is 1440. The van der Waals surface area contributed by atoms with E-state index in [-0.39, 0.29) is 17.0 Å². The van der Waals surface area contributed by atoms with E-state index in [1.165, 1.54) is 6.42 Å². The minimum atomic E-state index is -0.0864. The predicted octanol–water partition coefficient (Wildman–Crippen LogP) is 3.28. The van der Waals surface area contributed by atoms with E-state index in [9.17, 15) is 14.9 Å². The molecule has 3 heterocycles. The van der Waals surface area contributed by atoms with Crippen LogP contribution in [0.1, 0.15) is 45.2 Å². The zero-order valence-electron chi connectivity index (χ0n) is 21.7. The number of aromatic nitrogens is 3. The van der Waals surface area contributed by atoms with Crippen LogP contribution in [0.5, 0.6) is 0 Å². The first kappa shape index (κ1) is 24.3. The number of benzene rings is 1. The van der Waals surface area contributed by atoms with Crippen LogP contribution in [0, 0.1) is 28.6 Å². The molecular weight excluding hydrogens is 452 g/mol. The van der Waals surface area contributed by atoms with Crippen molar-refractivity contribution in [3.8, 4) is 17.3 Å². The molecule has 2 aliphatic rings. The highest BCUT2D eigenvalue weighted by Crippen LogP contribution is 2.49. The molecule has 3 aromatic rings. The van der Waals surface area contributed by atoms with Gasteiger partial charge in [-0.2, -0.15) is 5.26 Å². The van der Waals surface area contributed by atoms with Gasteiger partial charge in [0, 0.05) is 51.8 Å². The Kier molecular flexibility index (Phi) is 6.00. The molecule has 2 aromatic heterocycles. The third kappa shape index (κ3) is 4.56. The monoisotopic (exact) mass is 486 g/mol. The number of rotatable bonds is 6. The summed E-state index contributed by atoms with van der Waals surface area (Å²) in [5, 5.41) is 12.8. The van der Waals surface area contributed by atoms with Gasteiger partial charge in [-0.15, -0.1) is 0 Å². The summed E-state index contributed by atoms with van der Waals surface area (Å²) in [5.41, 5.74) is 4.41. The minimum absolute atomic E-state index is 0.00640. The summed E-state index contributed by atoms with van der Waals surface area (Å²) in [5.74, 6) is 1.40. The van der Waals surface area contributed by atoms with Crippen molar-refractivity contribution in [2.45, 2.75) is 53.2 Å². The molecule has 1 aliphatic heterocycles. The number of aryl methyl sites for hydroxylation is 1. The number of carbonyl (C=O) groups excluding carboxylic acids is 1. The number of hydrogen-bond donors (Lipinski definition) is 1. The van der Waals surface area contributed by atoms with E-state index in [2.05, 4.69) is 43.1 Å². The number of nitrogens with zero attached hydrogens (tertiary/aromatic N) is 5. The lowest BCUT2D eigenvalue weighted by Crippen LogP contribution is -2.41. The second-order valence-corrected chi connectivity index (χ2v) is 11.6. The smallest absolute Gasteiger partial charge is 0.330 e. The minimum Gasteiger partial charge on any atom is -0.355 e. The van der Waals surface area contributed by atoms with Crippen LogP contribution in [0.3, 0.4) is 0 Å². The lowest BCUT2D eigenvalue weighted by atomic mass is 9.97. The molecule has 2 unspecified atom stereocenters. The van der Waals surface area contributed by atoms with Crippen molar-refractivity contribution in [3.63, 3.8) is 0 Å². The maximum atomic E-state index is 12.9. The highest BCUT2D eigenvalue weighted by molar-refractivity contribution is 5.78. The summed E-state index contributed by atoms with van der Waals surface area (Å²) < 4.78 is 3.37. The molecule has 1 aromatic carbocycles. The second-order valence-electron chi connectivity index (χ2n) is 11.6. The molecule has 36 heavy (non-hydrogen) atoms. The SMILES string of the molecule is CC(=O)NC[C@@H]1C2CC2CN1Cc1ccc(C#N)c(-c2ccc3c(n2)n(C)c(=O)n3CC(C)(C)C)c1. The number of pyridine rings is 1. The molecule has 188 valence electrons. The molecule has 8 nitrogen and oxygen atoms in total. The Morgan fingerprint density at radius 3 is 2.72 bits per heavy atom. The molecule has 0 spiro atoms. The number of carbonyl (C=O) groups is 1. The number of amides is 1. The highest BCUT2D eigenvalue weighted by atomic mass is 16.2. The normalized spacial score (nSPS) is 21.4. The fraction of sp³-hybridized carbons (Fsp3) is 0.500. The van der Waals surface area contributed by atoms with Crippen molar-refractivity contribution in [1.82, 2.24) is 24.3 Å². The summed E-state index contributed by atoms with van der Waals surface area (Å²) in [4.78, 5) is 31.7. The number of hydrogen-bond acceptors (Lipinski definition) is 5. The fourth-order valence-electron chi connectivity index (χ4n) is 5.65. The number of piperidine rings is 1. The average molecular weight is 487 g/mol. The summed E-state index contributed by atoms with van der Waals surface area (Å²) >= 11 is 0. The molecule has 1 aliphatic carbocycles. The van der Waals surface area contributed by atoms with E-state index in [0.717, 1.165) is 35.7 Å². The van der Waals surface area contributed by atoms with Crippen LogP contribution in [0.4, 0.5) is 0 Å². The lowest BCUT2D eigenvalue weighted by molar-refractivity contribution is -0.119. The third-order valence-electron chi connectivity index (χ3n) is 7.45. The fourth-order valence-corrected chi connectivity index (χ4v) is 5.65. The zero-order chi connectivity index (χ0) is 25.8. The summed E-state index contributed by atoms with van der Waals surface area (Å²) in [6.45, 7) is 11.0. The van der Waals surface area contributed by atoms with Gasteiger partial charge in [0.2, 0.25) is 5.91 Å². The first-order chi connectivity index (χ1) is 17.1. The molecule has 1 saturated heterocycles. The maximum Gasteiger partial charge on any atom is 0.330 e. The number of likely N-dealkylation sites (tertiary alicyclic amines) is 1. The lowest BCUT2D eigenvalue weighted by Gasteiger charge is -2.27. The Balaban J connectivity index is 1.47. The van der Waals surface area contributed by atoms with Gasteiger partial charge in [0.1, 0.15) is 0 Å². The standard InChI is InChI=1S/C28H34N6O2/c1-17(35)30-13-25-22-11-20(22)15-33(25)14-18-6-7-19(12-29)21(10-18)23-8-9-24-26(31-23)32(5)27(36)34(24)16-28(2,3)4/h6-10,20,22,25H,11,13-16H2,1-5H3,(H,30,35)/t20?,22?,25-/m1/s1. The molecule has 5 rings (SSSR count). The van der Waals surface area contributed by atoms with Crippen molar-refractivity contribution in [3.05, 3.63) is 51.9 Å². The first-order valence-electron chi connectivity index (χ1n) is 12.6. The van der Waals surface area contributed by atoms with Crippen molar-refractivity contribution in [2.24, 2.45) is 24.3 Å². The van der Waals surface area contributed by atoms with Gasteiger partial charge >= 0.3 is 5.69 Å². The molecule has 0 bridgehead atoms. The van der Waals surface area contributed by atoms with Crippen molar-refractivity contribution in [1.29, 1.82) is 5.26 Å². The van der Waals surface area contributed by atoms with Crippen LogP contribution in [-0.4, -0.2) is 44.1 Å². The quantitative estimate of drug-likeness (QED) is 0.577. The van der Waals surface area contributed by atoms with Gasteiger partial charge in [-0.05, 0) is 53.5 Å². The summed E-state index contributed by atoms with van der Waals surface area (Å²) in [7, 11) is 1.75. The molecular formula is C28H34N6O2. The van der Waals surface area contributed by atoms with Crippen LogP contribution in [0.2, 0.25) is 0 Å². The van der Waals surface area contributed by atoms with E-state index in [1.807, 2.05) is 24.3 Å². The molecule has 1 saturated carbocycles. The van der Waals surface area contributed by atoms with Crippen LogP contribution in [0.25, 0.3) is 22.4 Å². The summed E-state index contributed by atoms with van der Waals surface area (Å²) in [6, 6.07) is 12.4. The van der Waals surface area contributed by atoms with Crippen molar-refractivity contribution >= 4 is 17.1 Å². The number of fused-ring (bicyclic) bond motifs is 2. The Hall–Kier alpha value is -3.44. The Morgan fingerprint density at radius 2 is 2.03 bits per heavy atom. The Morgan fingerprint density at radius 1 is 1.25 bits per heavy atom. The predicted molar refractivity (Wildman–Crippen MR) is 139 cm³/mol. The van der Waals surface area contributed by atoms with Crippen LogP contribution >= 0.6 is 0 Å². The largest absolute Gasteiger partial charge is 0.355 e. The highest BCUT2D eigenvalue weighted by Gasteiger charge is 2.51. The van der Waals surface area contributed by atoms with E-state index in [1.54, 1.807) is 23.1 Å². The number of imidazole rings is 1. The van der Waals surface area contributed by atoms with Gasteiger partial charge in [-0.25, -0.2) is 9.78 Å². The molecule has 2 fully saturated rings. The topological polar surface area (TPSA) is 96.0 Å². The van der Waals surface area contributed by atoms with E-state index < -0.39 is 0 Å². The molecule has 8 heteroatoms. The van der Waals surface area contributed by atoms with Crippen molar-refractivity contribution < 1.29 is 4.79 Å². The van der Waals surface area contributed by atoms with E-state index in [0.29, 0.717) is 42.0 Å². The average Bonchev–Trinajstić information content (AvgIpc) is 3.45.